The molecule has 4 nitrogen and oxygen atoms in total. The quantitative estimate of drug-likeness (QED) is 0.897. The number of hydrogen-bond acceptors (Lipinski definition) is 4. The maximum atomic E-state index is 12.4. The van der Waals surface area contributed by atoms with Crippen LogP contribution < -0.4 is 10.5 Å². The Morgan fingerprint density at radius 3 is 2.60 bits per heavy atom. The van der Waals surface area contributed by atoms with E-state index in [1.54, 1.807) is 6.07 Å². The van der Waals surface area contributed by atoms with E-state index in [1.165, 1.54) is 11.3 Å². The van der Waals surface area contributed by atoms with Crippen LogP contribution >= 0.6 is 11.3 Å². The van der Waals surface area contributed by atoms with Crippen molar-refractivity contribution < 1.29 is 8.42 Å². The average Bonchev–Trinajstić information content (AvgIpc) is 2.76. The Labute approximate surface area is 125 Å². The predicted octanol–water partition coefficient (Wildman–Crippen LogP) is 2.62. The second-order valence-electron chi connectivity index (χ2n) is 5.96. The van der Waals surface area contributed by atoms with Gasteiger partial charge in [-0.25, -0.2) is 13.1 Å². The second kappa shape index (κ2) is 6.13. The Kier molecular flexibility index (Phi) is 4.89. The molecule has 1 heterocycles. The van der Waals surface area contributed by atoms with Crippen molar-refractivity contribution in [1.29, 1.82) is 0 Å². The summed E-state index contributed by atoms with van der Waals surface area (Å²) in [6.07, 6.45) is 2.94. The Balaban J connectivity index is 2.11. The summed E-state index contributed by atoms with van der Waals surface area (Å²) in [4.78, 5) is 0.941. The molecule has 0 amide bonds. The van der Waals surface area contributed by atoms with Gasteiger partial charge in [0.1, 0.15) is 4.21 Å². The van der Waals surface area contributed by atoms with Crippen molar-refractivity contribution in [1.82, 2.24) is 4.72 Å². The van der Waals surface area contributed by atoms with Crippen molar-refractivity contribution in [2.45, 2.75) is 56.8 Å². The molecule has 1 fully saturated rings. The maximum Gasteiger partial charge on any atom is 0.250 e. The smallest absolute Gasteiger partial charge is 0.250 e. The Hall–Kier alpha value is -0.430. The highest BCUT2D eigenvalue weighted by Gasteiger charge is 2.29. The molecule has 0 radical (unpaired) electrons. The van der Waals surface area contributed by atoms with E-state index in [0.717, 1.165) is 29.7 Å². The van der Waals surface area contributed by atoms with E-state index in [1.807, 2.05) is 6.92 Å². The number of nitrogens with one attached hydrogen (secondary N) is 1. The fourth-order valence-electron chi connectivity index (χ4n) is 2.76. The molecule has 1 saturated carbocycles. The first-order valence-corrected chi connectivity index (χ1v) is 9.45. The highest BCUT2D eigenvalue weighted by atomic mass is 32.2. The molecule has 3 atom stereocenters. The van der Waals surface area contributed by atoms with Crippen molar-refractivity contribution in [3.63, 3.8) is 0 Å². The number of sulfonamides is 1. The summed E-state index contributed by atoms with van der Waals surface area (Å²) in [6, 6.07) is 1.79. The van der Waals surface area contributed by atoms with Gasteiger partial charge in [-0.3, -0.25) is 0 Å². The summed E-state index contributed by atoms with van der Waals surface area (Å²) in [5.41, 5.74) is 6.58. The topological polar surface area (TPSA) is 72.2 Å². The van der Waals surface area contributed by atoms with E-state index >= 15 is 0 Å². The van der Waals surface area contributed by atoms with Crippen LogP contribution in [0.3, 0.4) is 0 Å². The normalized spacial score (nSPS) is 27.7. The number of nitrogens with two attached hydrogens (primary N) is 1. The molecule has 114 valence electrons. The third kappa shape index (κ3) is 3.42. The van der Waals surface area contributed by atoms with Crippen molar-refractivity contribution in [3.05, 3.63) is 16.5 Å². The fraction of sp³-hybridized carbons (Fsp3) is 0.714. The van der Waals surface area contributed by atoms with Crippen LogP contribution in [-0.4, -0.2) is 14.5 Å². The van der Waals surface area contributed by atoms with Gasteiger partial charge in [-0.2, -0.15) is 0 Å². The van der Waals surface area contributed by atoms with Gasteiger partial charge >= 0.3 is 0 Å². The lowest BCUT2D eigenvalue weighted by Gasteiger charge is -2.32. The molecule has 3 unspecified atom stereocenters. The van der Waals surface area contributed by atoms with E-state index in [4.69, 9.17) is 5.73 Å². The molecule has 6 heteroatoms. The minimum Gasteiger partial charge on any atom is -0.326 e. The zero-order valence-corrected chi connectivity index (χ0v) is 14.0. The summed E-state index contributed by atoms with van der Waals surface area (Å²) >= 11 is 1.28. The second-order valence-corrected chi connectivity index (χ2v) is 9.04. The molecular formula is C14H24N2O2S2. The van der Waals surface area contributed by atoms with Crippen LogP contribution in [0.2, 0.25) is 0 Å². The van der Waals surface area contributed by atoms with E-state index in [-0.39, 0.29) is 6.04 Å². The molecule has 2 rings (SSSR count). The van der Waals surface area contributed by atoms with Gasteiger partial charge in [-0.15, -0.1) is 11.3 Å². The number of hydrogen-bond donors (Lipinski definition) is 2. The molecule has 3 N–H and O–H groups in total. The lowest BCUT2D eigenvalue weighted by molar-refractivity contribution is 0.242. The SMILES string of the molecule is Cc1cc(S(=O)(=O)NC2CCC(C)C(C)C2)sc1CN. The van der Waals surface area contributed by atoms with Crippen LogP contribution in [-0.2, 0) is 16.6 Å². The number of aryl methyl sites for hydroxylation is 1. The average molecular weight is 316 g/mol. The minimum atomic E-state index is -3.40. The molecule has 20 heavy (non-hydrogen) atoms. The Morgan fingerprint density at radius 1 is 1.35 bits per heavy atom. The zero-order valence-electron chi connectivity index (χ0n) is 12.3. The van der Waals surface area contributed by atoms with Crippen molar-refractivity contribution in [3.8, 4) is 0 Å². The monoisotopic (exact) mass is 316 g/mol. The molecule has 1 aromatic rings. The molecular weight excluding hydrogens is 292 g/mol. The molecule has 0 aliphatic heterocycles. The highest BCUT2D eigenvalue weighted by Crippen LogP contribution is 2.31. The lowest BCUT2D eigenvalue weighted by Crippen LogP contribution is -2.39. The van der Waals surface area contributed by atoms with Gasteiger partial charge in [0.25, 0.3) is 0 Å². The fourth-order valence-corrected chi connectivity index (χ4v) is 5.52. The summed E-state index contributed by atoms with van der Waals surface area (Å²) in [7, 11) is -3.40. The van der Waals surface area contributed by atoms with Crippen LogP contribution in [0.25, 0.3) is 0 Å². The largest absolute Gasteiger partial charge is 0.326 e. The van der Waals surface area contributed by atoms with E-state index < -0.39 is 10.0 Å². The van der Waals surface area contributed by atoms with Gasteiger partial charge in [0.2, 0.25) is 10.0 Å². The molecule has 0 bridgehead atoms. The van der Waals surface area contributed by atoms with Gasteiger partial charge in [-0.1, -0.05) is 13.8 Å². The van der Waals surface area contributed by atoms with Crippen LogP contribution in [0.5, 0.6) is 0 Å². The van der Waals surface area contributed by atoms with E-state index in [9.17, 15) is 8.42 Å². The van der Waals surface area contributed by atoms with Gasteiger partial charge in [0.05, 0.1) is 0 Å². The van der Waals surface area contributed by atoms with E-state index in [2.05, 4.69) is 18.6 Å². The van der Waals surface area contributed by atoms with Crippen LogP contribution in [0.4, 0.5) is 0 Å². The summed E-state index contributed by atoms with van der Waals surface area (Å²) in [5.74, 6) is 1.25. The first-order chi connectivity index (χ1) is 9.33. The van der Waals surface area contributed by atoms with Crippen molar-refractivity contribution >= 4 is 21.4 Å². The van der Waals surface area contributed by atoms with Crippen molar-refractivity contribution in [2.24, 2.45) is 17.6 Å². The molecule has 1 aliphatic carbocycles. The van der Waals surface area contributed by atoms with Gasteiger partial charge < -0.3 is 5.73 Å². The van der Waals surface area contributed by atoms with Crippen LogP contribution in [0, 0.1) is 18.8 Å². The first kappa shape index (κ1) is 15.9. The Morgan fingerprint density at radius 2 is 2.05 bits per heavy atom. The minimum absolute atomic E-state index is 0.0648. The maximum absolute atomic E-state index is 12.4. The molecule has 1 aliphatic rings. The third-order valence-electron chi connectivity index (χ3n) is 4.37. The van der Waals surface area contributed by atoms with Crippen molar-refractivity contribution in [2.75, 3.05) is 0 Å². The standard InChI is InChI=1S/C14H24N2O2S2/c1-9-4-5-12(6-10(9)2)16-20(17,18)14-7-11(3)13(8-15)19-14/h7,9-10,12,16H,4-6,8,15H2,1-3H3. The highest BCUT2D eigenvalue weighted by molar-refractivity contribution is 7.91. The number of rotatable bonds is 4. The van der Waals surface area contributed by atoms with Crippen LogP contribution in [0.15, 0.2) is 10.3 Å². The van der Waals surface area contributed by atoms with Gasteiger partial charge in [0.15, 0.2) is 0 Å². The zero-order chi connectivity index (χ0) is 14.9. The number of thiophene rings is 1. The van der Waals surface area contributed by atoms with Crippen LogP contribution in [0.1, 0.15) is 43.6 Å². The Bertz CT molecular complexity index is 566. The summed E-state index contributed by atoms with van der Waals surface area (Å²) in [6.45, 7) is 6.74. The predicted molar refractivity (Wildman–Crippen MR) is 83.2 cm³/mol. The molecule has 0 spiro atoms. The van der Waals surface area contributed by atoms with Gasteiger partial charge in [-0.05, 0) is 49.7 Å². The summed E-state index contributed by atoms with van der Waals surface area (Å²) in [5, 5.41) is 0. The van der Waals surface area contributed by atoms with E-state index in [0.29, 0.717) is 22.6 Å². The molecule has 0 aromatic carbocycles. The molecule has 0 saturated heterocycles. The first-order valence-electron chi connectivity index (χ1n) is 7.15. The third-order valence-corrected chi connectivity index (χ3v) is 7.62. The van der Waals surface area contributed by atoms with Gasteiger partial charge in [0, 0.05) is 17.5 Å². The molecule has 1 aromatic heterocycles. The summed E-state index contributed by atoms with van der Waals surface area (Å²) < 4.78 is 28.1. The lowest BCUT2D eigenvalue weighted by atomic mass is 9.79.